The fourth-order valence-electron chi connectivity index (χ4n) is 2.11. The second kappa shape index (κ2) is 7.98. The topological polar surface area (TPSA) is 116 Å². The minimum absolute atomic E-state index is 0.0271. The molecule has 0 bridgehead atoms. The molecular formula is C14H21N3O3S. The van der Waals surface area contributed by atoms with Gasteiger partial charge in [0.25, 0.3) is 0 Å². The van der Waals surface area contributed by atoms with Gasteiger partial charge in [0.05, 0.1) is 17.3 Å². The molecule has 0 radical (unpaired) electrons. The van der Waals surface area contributed by atoms with Crippen molar-refractivity contribution in [1.82, 2.24) is 4.72 Å². The monoisotopic (exact) mass is 311 g/mol. The molecule has 0 amide bonds. The first-order chi connectivity index (χ1) is 9.94. The Morgan fingerprint density at radius 2 is 2.14 bits per heavy atom. The lowest BCUT2D eigenvalue weighted by molar-refractivity contribution is 0.251. The Bertz CT molecular complexity index is 602. The summed E-state index contributed by atoms with van der Waals surface area (Å²) in [6.45, 7) is 2.30. The second-order valence-electron chi connectivity index (χ2n) is 4.88. The number of nitrogens with zero attached hydrogens (tertiary/aromatic N) is 1. The quantitative estimate of drug-likeness (QED) is 0.624. The zero-order valence-corrected chi connectivity index (χ0v) is 12.9. The summed E-state index contributed by atoms with van der Waals surface area (Å²) in [6.07, 6.45) is 2.32. The van der Waals surface area contributed by atoms with Crippen LogP contribution in [0.5, 0.6) is 0 Å². The van der Waals surface area contributed by atoms with E-state index in [-0.39, 0.29) is 29.7 Å². The molecule has 21 heavy (non-hydrogen) atoms. The van der Waals surface area contributed by atoms with E-state index in [2.05, 4.69) is 4.72 Å². The van der Waals surface area contributed by atoms with Crippen molar-refractivity contribution < 1.29 is 13.5 Å². The molecule has 0 saturated heterocycles. The van der Waals surface area contributed by atoms with Gasteiger partial charge in [-0.1, -0.05) is 13.3 Å². The van der Waals surface area contributed by atoms with Crippen molar-refractivity contribution in [3.05, 3.63) is 23.8 Å². The minimum Gasteiger partial charge on any atom is -0.398 e. The lowest BCUT2D eigenvalue weighted by atomic mass is 10.0. The number of benzene rings is 1. The molecule has 0 spiro atoms. The highest BCUT2D eigenvalue weighted by Crippen LogP contribution is 2.20. The van der Waals surface area contributed by atoms with Gasteiger partial charge in [-0.2, -0.15) is 5.26 Å². The smallest absolute Gasteiger partial charge is 0.242 e. The van der Waals surface area contributed by atoms with E-state index >= 15 is 0 Å². The van der Waals surface area contributed by atoms with Crippen molar-refractivity contribution in [2.75, 3.05) is 18.9 Å². The first kappa shape index (κ1) is 17.4. The number of nitriles is 1. The van der Waals surface area contributed by atoms with Gasteiger partial charge < -0.3 is 10.8 Å². The molecule has 0 fully saturated rings. The molecule has 0 aromatic heterocycles. The van der Waals surface area contributed by atoms with E-state index in [1.165, 1.54) is 18.2 Å². The number of aliphatic hydroxyl groups is 1. The van der Waals surface area contributed by atoms with Crippen molar-refractivity contribution >= 4 is 15.7 Å². The Balaban J connectivity index is 2.84. The number of sulfonamides is 1. The maximum absolute atomic E-state index is 12.2. The number of hydrogen-bond donors (Lipinski definition) is 3. The van der Waals surface area contributed by atoms with Crippen molar-refractivity contribution in [3.63, 3.8) is 0 Å². The predicted octanol–water partition coefficient (Wildman–Crippen LogP) is 1.22. The molecular weight excluding hydrogens is 290 g/mol. The number of hydrogen-bond acceptors (Lipinski definition) is 5. The van der Waals surface area contributed by atoms with Gasteiger partial charge in [0.15, 0.2) is 0 Å². The van der Waals surface area contributed by atoms with E-state index in [0.717, 1.165) is 12.8 Å². The zero-order valence-electron chi connectivity index (χ0n) is 12.0. The summed E-state index contributed by atoms with van der Waals surface area (Å²) in [5.74, 6) is 0.0920. The van der Waals surface area contributed by atoms with Gasteiger partial charge >= 0.3 is 0 Å². The zero-order chi connectivity index (χ0) is 15.9. The fourth-order valence-corrected chi connectivity index (χ4v) is 3.33. The molecule has 1 aromatic rings. The van der Waals surface area contributed by atoms with Crippen LogP contribution in [-0.2, 0) is 10.0 Å². The largest absolute Gasteiger partial charge is 0.398 e. The molecule has 1 rings (SSSR count). The molecule has 1 aromatic carbocycles. The number of nitrogens with one attached hydrogen (secondary N) is 1. The molecule has 7 heteroatoms. The third-order valence-corrected chi connectivity index (χ3v) is 4.72. The van der Waals surface area contributed by atoms with Gasteiger partial charge in [0, 0.05) is 13.2 Å². The molecule has 1 unspecified atom stereocenters. The van der Waals surface area contributed by atoms with E-state index in [0.29, 0.717) is 12.0 Å². The lowest BCUT2D eigenvalue weighted by Gasteiger charge is -2.16. The van der Waals surface area contributed by atoms with Crippen molar-refractivity contribution in [2.45, 2.75) is 31.1 Å². The molecule has 0 heterocycles. The highest BCUT2D eigenvalue weighted by atomic mass is 32.2. The molecule has 0 aliphatic carbocycles. The normalized spacial score (nSPS) is 12.8. The van der Waals surface area contributed by atoms with Gasteiger partial charge in [0.2, 0.25) is 10.0 Å². The number of anilines is 1. The summed E-state index contributed by atoms with van der Waals surface area (Å²) in [5.41, 5.74) is 6.06. The van der Waals surface area contributed by atoms with Gasteiger partial charge in [-0.15, -0.1) is 0 Å². The average Bonchev–Trinajstić information content (AvgIpc) is 2.45. The summed E-state index contributed by atoms with van der Waals surface area (Å²) < 4.78 is 27.0. The summed E-state index contributed by atoms with van der Waals surface area (Å²) in [4.78, 5) is -0.0271. The van der Waals surface area contributed by atoms with Crippen molar-refractivity contribution in [1.29, 1.82) is 5.26 Å². The third-order valence-electron chi connectivity index (χ3n) is 3.22. The summed E-state index contributed by atoms with van der Waals surface area (Å²) in [6, 6.07) is 6.00. The van der Waals surface area contributed by atoms with Crippen LogP contribution in [-0.4, -0.2) is 26.7 Å². The van der Waals surface area contributed by atoms with Crippen LogP contribution in [0.25, 0.3) is 0 Å². The van der Waals surface area contributed by atoms with E-state index in [9.17, 15) is 8.42 Å². The Hall–Kier alpha value is -1.62. The molecule has 116 valence electrons. The van der Waals surface area contributed by atoms with Crippen LogP contribution in [0.1, 0.15) is 31.7 Å². The minimum atomic E-state index is -3.71. The molecule has 6 nitrogen and oxygen atoms in total. The van der Waals surface area contributed by atoms with Crippen LogP contribution in [0.2, 0.25) is 0 Å². The van der Waals surface area contributed by atoms with Gasteiger partial charge in [0.1, 0.15) is 4.90 Å². The van der Waals surface area contributed by atoms with Gasteiger partial charge in [-0.3, -0.25) is 0 Å². The standard InChI is InChI=1S/C14H21N3O3S/c1-2-3-11(6-7-18)10-17-21(19,20)14-5-4-12(9-15)8-13(14)16/h4-5,8,11,17-18H,2-3,6-7,10,16H2,1H3. The highest BCUT2D eigenvalue weighted by Gasteiger charge is 2.19. The highest BCUT2D eigenvalue weighted by molar-refractivity contribution is 7.89. The third kappa shape index (κ3) is 5.01. The number of nitrogen functional groups attached to an aromatic ring is 1. The van der Waals surface area contributed by atoms with Crippen LogP contribution in [0, 0.1) is 17.2 Å². The Morgan fingerprint density at radius 1 is 1.43 bits per heavy atom. The molecule has 0 aliphatic heterocycles. The van der Waals surface area contributed by atoms with E-state index < -0.39 is 10.0 Å². The Labute approximate surface area is 125 Å². The summed E-state index contributed by atoms with van der Waals surface area (Å²) in [7, 11) is -3.71. The second-order valence-corrected chi connectivity index (χ2v) is 6.62. The molecule has 4 N–H and O–H groups in total. The number of nitrogens with two attached hydrogens (primary N) is 1. The van der Waals surface area contributed by atoms with E-state index in [1.54, 1.807) is 0 Å². The van der Waals surface area contributed by atoms with Gasteiger partial charge in [-0.25, -0.2) is 13.1 Å². The number of rotatable bonds is 8. The van der Waals surface area contributed by atoms with Crippen molar-refractivity contribution in [3.8, 4) is 6.07 Å². The molecule has 0 aliphatic rings. The van der Waals surface area contributed by atoms with Crippen molar-refractivity contribution in [2.24, 2.45) is 5.92 Å². The lowest BCUT2D eigenvalue weighted by Crippen LogP contribution is -2.30. The van der Waals surface area contributed by atoms with Crippen LogP contribution >= 0.6 is 0 Å². The first-order valence-corrected chi connectivity index (χ1v) is 8.33. The van der Waals surface area contributed by atoms with E-state index in [1.807, 2.05) is 13.0 Å². The average molecular weight is 311 g/mol. The number of aliphatic hydroxyl groups excluding tert-OH is 1. The summed E-state index contributed by atoms with van der Waals surface area (Å²) >= 11 is 0. The molecule has 0 saturated carbocycles. The van der Waals surface area contributed by atoms with Crippen LogP contribution < -0.4 is 10.5 Å². The first-order valence-electron chi connectivity index (χ1n) is 6.84. The predicted molar refractivity (Wildman–Crippen MR) is 80.9 cm³/mol. The van der Waals surface area contributed by atoms with E-state index in [4.69, 9.17) is 16.1 Å². The SMILES string of the molecule is CCCC(CCO)CNS(=O)(=O)c1ccc(C#N)cc1N. The summed E-state index contributed by atoms with van der Waals surface area (Å²) in [5, 5.41) is 17.7. The van der Waals surface area contributed by atoms with Crippen LogP contribution in [0.3, 0.4) is 0 Å². The van der Waals surface area contributed by atoms with Gasteiger partial charge in [-0.05, 0) is 37.0 Å². The van der Waals surface area contributed by atoms with Crippen LogP contribution in [0.4, 0.5) is 5.69 Å². The maximum atomic E-state index is 12.2. The molecule has 1 atom stereocenters. The Morgan fingerprint density at radius 3 is 2.67 bits per heavy atom. The fraction of sp³-hybridized carbons (Fsp3) is 0.500. The Kier molecular flexibility index (Phi) is 6.62. The van der Waals surface area contributed by atoms with Crippen LogP contribution in [0.15, 0.2) is 23.1 Å². The maximum Gasteiger partial charge on any atom is 0.242 e.